The Bertz CT molecular complexity index is 914. The topological polar surface area (TPSA) is 89.8 Å². The van der Waals surface area contributed by atoms with Crippen LogP contribution in [0.4, 0.5) is 0 Å². The van der Waals surface area contributed by atoms with Gasteiger partial charge in [0, 0.05) is 35.1 Å². The molecule has 0 atom stereocenters. The van der Waals surface area contributed by atoms with E-state index in [9.17, 15) is 14.4 Å². The van der Waals surface area contributed by atoms with Crippen LogP contribution >= 0.6 is 22.7 Å². The number of rotatable bonds is 6. The van der Waals surface area contributed by atoms with E-state index in [4.69, 9.17) is 4.74 Å². The molecule has 3 aromatic heterocycles. The van der Waals surface area contributed by atoms with Gasteiger partial charge in [-0.15, -0.1) is 11.3 Å². The van der Waals surface area contributed by atoms with Crippen LogP contribution in [0.5, 0.6) is 0 Å². The fourth-order valence-corrected chi connectivity index (χ4v) is 3.34. The fraction of sp³-hybridized carbons (Fsp3) is 0.200. The maximum absolute atomic E-state index is 11.8. The van der Waals surface area contributed by atoms with Crippen molar-refractivity contribution in [2.75, 3.05) is 6.54 Å². The summed E-state index contributed by atoms with van der Waals surface area (Å²) < 4.78 is 6.51. The highest BCUT2D eigenvalue weighted by atomic mass is 32.1. The molecule has 0 aliphatic carbocycles. The van der Waals surface area contributed by atoms with Crippen molar-refractivity contribution in [2.45, 2.75) is 13.0 Å². The molecular weight excluding hydrogens is 350 g/mol. The summed E-state index contributed by atoms with van der Waals surface area (Å²) in [4.78, 5) is 40.0. The Hall–Kier alpha value is -2.52. The van der Waals surface area contributed by atoms with E-state index in [1.807, 2.05) is 5.38 Å². The van der Waals surface area contributed by atoms with Crippen molar-refractivity contribution in [1.82, 2.24) is 14.7 Å². The summed E-state index contributed by atoms with van der Waals surface area (Å²) in [5.74, 6) is -0.685. The van der Waals surface area contributed by atoms with Crippen LogP contribution < -0.4 is 10.9 Å². The number of carbonyl (C=O) groups is 2. The summed E-state index contributed by atoms with van der Waals surface area (Å²) in [6.45, 7) is 0.120. The van der Waals surface area contributed by atoms with E-state index in [0.717, 1.165) is 0 Å². The molecule has 3 heterocycles. The molecular formula is C15H13N3O4S2. The molecule has 1 amide bonds. The van der Waals surface area contributed by atoms with Crippen molar-refractivity contribution in [3.05, 3.63) is 56.1 Å². The van der Waals surface area contributed by atoms with Crippen molar-refractivity contribution in [3.8, 4) is 0 Å². The van der Waals surface area contributed by atoms with Gasteiger partial charge >= 0.3 is 5.97 Å². The average Bonchev–Trinajstić information content (AvgIpc) is 3.24. The van der Waals surface area contributed by atoms with Crippen molar-refractivity contribution in [3.63, 3.8) is 0 Å². The molecule has 1 N–H and O–H groups in total. The van der Waals surface area contributed by atoms with E-state index in [-0.39, 0.29) is 31.0 Å². The van der Waals surface area contributed by atoms with Gasteiger partial charge in [0.2, 0.25) is 0 Å². The predicted molar refractivity (Wildman–Crippen MR) is 90.4 cm³/mol. The van der Waals surface area contributed by atoms with Gasteiger partial charge in [-0.3, -0.25) is 18.8 Å². The molecule has 0 saturated carbocycles. The van der Waals surface area contributed by atoms with Crippen molar-refractivity contribution >= 4 is 39.5 Å². The monoisotopic (exact) mass is 363 g/mol. The first-order chi connectivity index (χ1) is 11.6. The Morgan fingerprint density at radius 2 is 2.21 bits per heavy atom. The zero-order chi connectivity index (χ0) is 16.9. The molecule has 0 unspecified atom stereocenters. The number of carbonyl (C=O) groups excluding carboxylic acids is 2. The highest BCUT2D eigenvalue weighted by Gasteiger charge is 2.09. The third-order valence-corrected chi connectivity index (χ3v) is 4.58. The Morgan fingerprint density at radius 3 is 3.00 bits per heavy atom. The molecule has 0 fully saturated rings. The molecule has 7 nitrogen and oxygen atoms in total. The quantitative estimate of drug-likeness (QED) is 0.673. The number of nitrogens with one attached hydrogen (secondary N) is 1. The molecule has 3 rings (SSSR count). The molecule has 0 bridgehead atoms. The summed E-state index contributed by atoms with van der Waals surface area (Å²) in [5.41, 5.74) is 0.760. The number of hydrogen-bond acceptors (Lipinski definition) is 7. The number of nitrogens with zero attached hydrogens (tertiary/aromatic N) is 2. The smallest absolute Gasteiger partial charge is 0.307 e. The number of thiazole rings is 1. The van der Waals surface area contributed by atoms with E-state index in [1.54, 1.807) is 23.0 Å². The van der Waals surface area contributed by atoms with E-state index in [0.29, 0.717) is 16.2 Å². The third kappa shape index (κ3) is 3.87. The van der Waals surface area contributed by atoms with Crippen LogP contribution in [0.2, 0.25) is 0 Å². The first-order valence-electron chi connectivity index (χ1n) is 7.05. The van der Waals surface area contributed by atoms with Crippen LogP contribution in [0.1, 0.15) is 22.5 Å². The van der Waals surface area contributed by atoms with E-state index in [1.165, 1.54) is 33.1 Å². The maximum atomic E-state index is 11.8. The van der Waals surface area contributed by atoms with Gasteiger partial charge in [-0.05, 0) is 11.4 Å². The van der Waals surface area contributed by atoms with Gasteiger partial charge in [0.15, 0.2) is 4.96 Å². The largest absolute Gasteiger partial charge is 0.459 e. The molecule has 0 spiro atoms. The molecule has 0 aromatic carbocycles. The van der Waals surface area contributed by atoms with E-state index in [2.05, 4.69) is 10.3 Å². The molecule has 3 aromatic rings. The summed E-state index contributed by atoms with van der Waals surface area (Å²) in [6.07, 6.45) is 1.69. The lowest BCUT2D eigenvalue weighted by molar-refractivity contribution is -0.144. The lowest BCUT2D eigenvalue weighted by atomic mass is 10.3. The van der Waals surface area contributed by atoms with Gasteiger partial charge in [-0.25, -0.2) is 4.98 Å². The van der Waals surface area contributed by atoms with Crippen LogP contribution in [0.3, 0.4) is 0 Å². The summed E-state index contributed by atoms with van der Waals surface area (Å²) >= 11 is 2.76. The summed E-state index contributed by atoms with van der Waals surface area (Å²) in [5, 5.41) is 7.95. The fourth-order valence-electron chi connectivity index (χ4n) is 1.96. The first-order valence-corrected chi connectivity index (χ1v) is 8.87. The average molecular weight is 363 g/mol. The van der Waals surface area contributed by atoms with Crippen LogP contribution in [0, 0.1) is 0 Å². The lowest BCUT2D eigenvalue weighted by Crippen LogP contribution is -2.26. The van der Waals surface area contributed by atoms with Crippen LogP contribution in [-0.2, 0) is 16.1 Å². The van der Waals surface area contributed by atoms with Gasteiger partial charge < -0.3 is 10.1 Å². The minimum absolute atomic E-state index is 0.0517. The second-order valence-electron chi connectivity index (χ2n) is 4.82. The molecule has 0 radical (unpaired) electrons. The van der Waals surface area contributed by atoms with Gasteiger partial charge in [-0.1, -0.05) is 0 Å². The van der Waals surface area contributed by atoms with Crippen LogP contribution in [0.25, 0.3) is 4.96 Å². The normalized spacial score (nSPS) is 10.7. The molecule has 24 heavy (non-hydrogen) atoms. The Labute approximate surface area is 144 Å². The zero-order valence-corrected chi connectivity index (χ0v) is 14.1. The van der Waals surface area contributed by atoms with Crippen molar-refractivity contribution in [1.29, 1.82) is 0 Å². The minimum Gasteiger partial charge on any atom is -0.459 e. The Kier molecular flexibility index (Phi) is 5.02. The number of esters is 1. The third-order valence-electron chi connectivity index (χ3n) is 3.14. The van der Waals surface area contributed by atoms with Gasteiger partial charge in [0.25, 0.3) is 11.5 Å². The van der Waals surface area contributed by atoms with Gasteiger partial charge in [-0.2, -0.15) is 11.3 Å². The molecule has 0 aliphatic rings. The molecule has 9 heteroatoms. The number of thiophene rings is 1. The standard InChI is InChI=1S/C15H13N3O4S2/c19-12-7-11(17-15-18(12)4-6-24-15)8-22-13(20)1-3-16-14(21)10-2-5-23-9-10/h2,4-7,9H,1,3,8H2,(H,16,21). The molecule has 0 aliphatic heterocycles. The molecule has 0 saturated heterocycles. The number of fused-ring (bicyclic) bond motifs is 1. The minimum atomic E-state index is -0.464. The Morgan fingerprint density at radius 1 is 1.33 bits per heavy atom. The Balaban J connectivity index is 1.46. The number of amides is 1. The summed E-state index contributed by atoms with van der Waals surface area (Å²) in [6, 6.07) is 3.05. The predicted octanol–water partition coefficient (Wildman–Crippen LogP) is 1.68. The van der Waals surface area contributed by atoms with Crippen LogP contribution in [-0.4, -0.2) is 27.8 Å². The van der Waals surface area contributed by atoms with E-state index < -0.39 is 5.97 Å². The van der Waals surface area contributed by atoms with Crippen molar-refractivity contribution in [2.24, 2.45) is 0 Å². The van der Waals surface area contributed by atoms with Gasteiger partial charge in [0.1, 0.15) is 6.61 Å². The highest BCUT2D eigenvalue weighted by Crippen LogP contribution is 2.08. The second kappa shape index (κ2) is 7.37. The number of aromatic nitrogens is 2. The van der Waals surface area contributed by atoms with Gasteiger partial charge in [0.05, 0.1) is 12.1 Å². The number of hydrogen-bond donors (Lipinski definition) is 1. The SMILES string of the molecule is O=C(CCNC(=O)c1ccsc1)OCc1cc(=O)n2ccsc2n1. The van der Waals surface area contributed by atoms with Crippen molar-refractivity contribution < 1.29 is 14.3 Å². The summed E-state index contributed by atoms with van der Waals surface area (Å²) in [7, 11) is 0. The lowest BCUT2D eigenvalue weighted by Gasteiger charge is -2.05. The molecule has 124 valence electrons. The second-order valence-corrected chi connectivity index (χ2v) is 6.47. The highest BCUT2D eigenvalue weighted by molar-refractivity contribution is 7.15. The first kappa shape index (κ1) is 16.3. The number of ether oxygens (including phenoxy) is 1. The van der Waals surface area contributed by atoms with E-state index >= 15 is 0 Å². The van der Waals surface area contributed by atoms with Crippen LogP contribution in [0.15, 0.2) is 39.3 Å². The maximum Gasteiger partial charge on any atom is 0.307 e. The zero-order valence-electron chi connectivity index (χ0n) is 12.4.